The van der Waals surface area contributed by atoms with E-state index >= 15 is 0 Å². The lowest BCUT2D eigenvalue weighted by molar-refractivity contribution is 0.318. The predicted molar refractivity (Wildman–Crippen MR) is 71.5 cm³/mol. The maximum absolute atomic E-state index is 8.60. The van der Waals surface area contributed by atoms with Crippen molar-refractivity contribution in [2.24, 2.45) is 10.9 Å². The van der Waals surface area contributed by atoms with Gasteiger partial charge in [0.2, 0.25) is 0 Å². The highest BCUT2D eigenvalue weighted by Gasteiger charge is 2.02. The summed E-state index contributed by atoms with van der Waals surface area (Å²) in [5.74, 6) is 0.00843. The van der Waals surface area contributed by atoms with Gasteiger partial charge in [0.25, 0.3) is 0 Å². The molecular formula is C13H15N5O. The molecule has 2 aromatic heterocycles. The molecule has 0 saturated carbocycles. The van der Waals surface area contributed by atoms with Crippen LogP contribution in [0, 0.1) is 0 Å². The molecular weight excluding hydrogens is 242 g/mol. The average Bonchev–Trinajstić information content (AvgIpc) is 2.48. The molecule has 0 bridgehead atoms. The van der Waals surface area contributed by atoms with Crippen molar-refractivity contribution in [3.63, 3.8) is 0 Å². The van der Waals surface area contributed by atoms with E-state index in [9.17, 15) is 0 Å². The fourth-order valence-electron chi connectivity index (χ4n) is 1.63. The molecule has 0 aliphatic heterocycles. The minimum atomic E-state index is 0.00843. The third-order valence-electron chi connectivity index (χ3n) is 2.58. The van der Waals surface area contributed by atoms with Crippen molar-refractivity contribution in [2.45, 2.75) is 13.1 Å². The Kier molecular flexibility index (Phi) is 4.41. The van der Waals surface area contributed by atoms with E-state index in [2.05, 4.69) is 20.4 Å². The fraction of sp³-hybridized carbons (Fsp3) is 0.154. The van der Waals surface area contributed by atoms with Gasteiger partial charge in [0.1, 0.15) is 5.69 Å². The first-order valence-electron chi connectivity index (χ1n) is 5.82. The van der Waals surface area contributed by atoms with Gasteiger partial charge in [-0.3, -0.25) is 9.97 Å². The van der Waals surface area contributed by atoms with Crippen LogP contribution in [0.15, 0.2) is 48.0 Å². The Labute approximate surface area is 111 Å². The first-order valence-corrected chi connectivity index (χ1v) is 5.82. The van der Waals surface area contributed by atoms with Gasteiger partial charge in [-0.05, 0) is 29.3 Å². The first kappa shape index (κ1) is 13.0. The minimum Gasteiger partial charge on any atom is -0.409 e. The molecule has 2 rings (SSSR count). The first-order chi connectivity index (χ1) is 9.29. The van der Waals surface area contributed by atoms with E-state index in [1.165, 1.54) is 0 Å². The Morgan fingerprint density at radius 3 is 2.84 bits per heavy atom. The molecule has 0 saturated heterocycles. The highest BCUT2D eigenvalue weighted by Crippen LogP contribution is 2.02. The standard InChI is InChI=1S/C13H15N5O/c14-13(18-19)12-6-10(3-5-17-12)7-16-9-11-2-1-4-15-8-11/h1-6,8,16,19H,7,9H2,(H2,14,18). The predicted octanol–water partition coefficient (Wildman–Crippen LogP) is 0.861. The third kappa shape index (κ3) is 3.75. The SMILES string of the molecule is NC(=NO)c1cc(CNCc2cccnc2)ccn1. The van der Waals surface area contributed by atoms with Crippen molar-refractivity contribution in [2.75, 3.05) is 0 Å². The molecule has 0 aliphatic carbocycles. The molecule has 0 amide bonds. The Morgan fingerprint density at radius 1 is 1.26 bits per heavy atom. The number of amidine groups is 1. The van der Waals surface area contributed by atoms with Gasteiger partial charge in [0.15, 0.2) is 5.84 Å². The largest absolute Gasteiger partial charge is 0.409 e. The van der Waals surface area contributed by atoms with Crippen LogP contribution >= 0.6 is 0 Å². The van der Waals surface area contributed by atoms with Gasteiger partial charge in [0.05, 0.1) is 0 Å². The van der Waals surface area contributed by atoms with Crippen molar-refractivity contribution in [3.05, 3.63) is 59.7 Å². The van der Waals surface area contributed by atoms with Gasteiger partial charge in [-0.15, -0.1) is 0 Å². The second-order valence-corrected chi connectivity index (χ2v) is 4.00. The summed E-state index contributed by atoms with van der Waals surface area (Å²) in [6, 6.07) is 7.57. The molecule has 0 atom stereocenters. The van der Waals surface area contributed by atoms with Gasteiger partial charge < -0.3 is 16.3 Å². The number of rotatable bonds is 5. The van der Waals surface area contributed by atoms with E-state index in [1.54, 1.807) is 18.5 Å². The molecule has 0 radical (unpaired) electrons. The quantitative estimate of drug-likeness (QED) is 0.319. The van der Waals surface area contributed by atoms with Crippen LogP contribution < -0.4 is 11.1 Å². The van der Waals surface area contributed by atoms with Crippen LogP contribution in [-0.4, -0.2) is 21.0 Å². The Morgan fingerprint density at radius 2 is 2.11 bits per heavy atom. The van der Waals surface area contributed by atoms with E-state index in [4.69, 9.17) is 10.9 Å². The molecule has 2 aromatic rings. The van der Waals surface area contributed by atoms with E-state index in [1.807, 2.05) is 24.4 Å². The molecule has 6 nitrogen and oxygen atoms in total. The number of nitrogens with two attached hydrogens (primary N) is 1. The molecule has 0 aliphatic rings. The number of nitrogens with zero attached hydrogens (tertiary/aromatic N) is 3. The van der Waals surface area contributed by atoms with Gasteiger partial charge in [-0.25, -0.2) is 0 Å². The lowest BCUT2D eigenvalue weighted by Crippen LogP contribution is -2.17. The van der Waals surface area contributed by atoms with Crippen LogP contribution in [0.2, 0.25) is 0 Å². The average molecular weight is 257 g/mol. The third-order valence-corrected chi connectivity index (χ3v) is 2.58. The van der Waals surface area contributed by atoms with Crippen molar-refractivity contribution in [1.82, 2.24) is 15.3 Å². The van der Waals surface area contributed by atoms with Crippen LogP contribution in [0.4, 0.5) is 0 Å². The highest BCUT2D eigenvalue weighted by molar-refractivity contribution is 5.95. The van der Waals surface area contributed by atoms with Gasteiger partial charge in [0, 0.05) is 31.7 Å². The summed E-state index contributed by atoms with van der Waals surface area (Å²) in [5.41, 5.74) is 8.09. The van der Waals surface area contributed by atoms with Crippen LogP contribution in [-0.2, 0) is 13.1 Å². The number of nitrogens with one attached hydrogen (secondary N) is 1. The van der Waals surface area contributed by atoms with Gasteiger partial charge in [-0.2, -0.15) is 0 Å². The van der Waals surface area contributed by atoms with Gasteiger partial charge in [-0.1, -0.05) is 11.2 Å². The van der Waals surface area contributed by atoms with E-state index in [0.29, 0.717) is 12.2 Å². The molecule has 0 aromatic carbocycles. The highest BCUT2D eigenvalue weighted by atomic mass is 16.4. The van der Waals surface area contributed by atoms with Crippen LogP contribution in [0.5, 0.6) is 0 Å². The topological polar surface area (TPSA) is 96.4 Å². The zero-order chi connectivity index (χ0) is 13.5. The molecule has 0 unspecified atom stereocenters. The zero-order valence-corrected chi connectivity index (χ0v) is 10.3. The van der Waals surface area contributed by atoms with Crippen LogP contribution in [0.25, 0.3) is 0 Å². The Bertz CT molecular complexity index is 556. The Hall–Kier alpha value is -2.47. The smallest absolute Gasteiger partial charge is 0.188 e. The second-order valence-electron chi connectivity index (χ2n) is 4.00. The monoisotopic (exact) mass is 257 g/mol. The fourth-order valence-corrected chi connectivity index (χ4v) is 1.63. The normalized spacial score (nSPS) is 11.5. The maximum Gasteiger partial charge on any atom is 0.188 e. The van der Waals surface area contributed by atoms with Crippen LogP contribution in [0.1, 0.15) is 16.8 Å². The summed E-state index contributed by atoms with van der Waals surface area (Å²) in [4.78, 5) is 8.07. The number of oxime groups is 1. The Balaban J connectivity index is 1.93. The summed E-state index contributed by atoms with van der Waals surface area (Å²) in [7, 11) is 0. The summed E-state index contributed by atoms with van der Waals surface area (Å²) < 4.78 is 0. The summed E-state index contributed by atoms with van der Waals surface area (Å²) in [5, 5.41) is 14.8. The van der Waals surface area contributed by atoms with Crippen molar-refractivity contribution < 1.29 is 5.21 Å². The number of hydrogen-bond acceptors (Lipinski definition) is 5. The summed E-state index contributed by atoms with van der Waals surface area (Å²) in [6.07, 6.45) is 5.20. The number of aromatic nitrogens is 2. The molecule has 4 N–H and O–H groups in total. The van der Waals surface area contributed by atoms with Crippen LogP contribution in [0.3, 0.4) is 0 Å². The van der Waals surface area contributed by atoms with Crippen molar-refractivity contribution in [3.8, 4) is 0 Å². The molecule has 2 heterocycles. The lowest BCUT2D eigenvalue weighted by atomic mass is 10.2. The molecule has 0 spiro atoms. The molecule has 19 heavy (non-hydrogen) atoms. The van der Waals surface area contributed by atoms with E-state index in [-0.39, 0.29) is 5.84 Å². The van der Waals surface area contributed by atoms with E-state index < -0.39 is 0 Å². The zero-order valence-electron chi connectivity index (χ0n) is 10.3. The molecule has 98 valence electrons. The van der Waals surface area contributed by atoms with Crippen molar-refractivity contribution in [1.29, 1.82) is 0 Å². The lowest BCUT2D eigenvalue weighted by Gasteiger charge is -2.06. The maximum atomic E-state index is 8.60. The number of pyridine rings is 2. The van der Waals surface area contributed by atoms with Gasteiger partial charge >= 0.3 is 0 Å². The minimum absolute atomic E-state index is 0.00843. The van der Waals surface area contributed by atoms with E-state index in [0.717, 1.165) is 17.7 Å². The second kappa shape index (κ2) is 6.46. The molecule has 6 heteroatoms. The number of hydrogen-bond donors (Lipinski definition) is 3. The van der Waals surface area contributed by atoms with Crippen molar-refractivity contribution >= 4 is 5.84 Å². The molecule has 0 fully saturated rings. The summed E-state index contributed by atoms with van der Waals surface area (Å²) >= 11 is 0. The summed E-state index contributed by atoms with van der Waals surface area (Å²) in [6.45, 7) is 1.40.